The highest BCUT2D eigenvalue weighted by molar-refractivity contribution is 9.10. The van der Waals surface area contributed by atoms with Gasteiger partial charge in [0.25, 0.3) is 0 Å². The van der Waals surface area contributed by atoms with Gasteiger partial charge >= 0.3 is 0 Å². The molecule has 1 aliphatic rings. The van der Waals surface area contributed by atoms with Gasteiger partial charge in [0.05, 0.1) is 0 Å². The molecule has 0 N–H and O–H groups in total. The standard InChI is InChI=1S/C10H11BrO2/c11-10-5-4-9(13-10)8(12)6-7-2-1-3-7/h4-5,7H,1-3,6H2. The van der Waals surface area contributed by atoms with Crippen molar-refractivity contribution in [3.05, 3.63) is 22.6 Å². The number of hydrogen-bond donors (Lipinski definition) is 0. The Kier molecular flexibility index (Phi) is 2.54. The zero-order valence-corrected chi connectivity index (χ0v) is 8.84. The molecule has 2 rings (SSSR count). The van der Waals surface area contributed by atoms with Crippen molar-refractivity contribution < 1.29 is 9.21 Å². The number of ketones is 1. The summed E-state index contributed by atoms with van der Waals surface area (Å²) in [6.45, 7) is 0. The summed E-state index contributed by atoms with van der Waals surface area (Å²) >= 11 is 3.18. The summed E-state index contributed by atoms with van der Waals surface area (Å²) in [5, 5.41) is 0. The molecule has 2 nitrogen and oxygen atoms in total. The number of rotatable bonds is 3. The molecule has 1 heterocycles. The molecular weight excluding hydrogens is 232 g/mol. The van der Waals surface area contributed by atoms with E-state index in [0.29, 0.717) is 22.8 Å². The van der Waals surface area contributed by atoms with Crippen LogP contribution >= 0.6 is 15.9 Å². The Balaban J connectivity index is 1.96. The topological polar surface area (TPSA) is 30.2 Å². The van der Waals surface area contributed by atoms with Crippen molar-refractivity contribution in [3.63, 3.8) is 0 Å². The van der Waals surface area contributed by atoms with Gasteiger partial charge < -0.3 is 4.42 Å². The van der Waals surface area contributed by atoms with Gasteiger partial charge in [0.1, 0.15) is 0 Å². The molecular formula is C10H11BrO2. The summed E-state index contributed by atoms with van der Waals surface area (Å²) in [5.41, 5.74) is 0. The lowest BCUT2D eigenvalue weighted by atomic mass is 9.81. The van der Waals surface area contributed by atoms with Crippen LogP contribution in [0.3, 0.4) is 0 Å². The molecule has 0 amide bonds. The Morgan fingerprint density at radius 3 is 2.77 bits per heavy atom. The van der Waals surface area contributed by atoms with Crippen LogP contribution < -0.4 is 0 Å². The highest BCUT2D eigenvalue weighted by Crippen LogP contribution is 2.30. The van der Waals surface area contributed by atoms with Crippen molar-refractivity contribution in [3.8, 4) is 0 Å². The van der Waals surface area contributed by atoms with Crippen molar-refractivity contribution >= 4 is 21.7 Å². The first-order chi connectivity index (χ1) is 6.25. The van der Waals surface area contributed by atoms with E-state index in [2.05, 4.69) is 15.9 Å². The molecule has 3 heteroatoms. The lowest BCUT2D eigenvalue weighted by molar-refractivity contribution is 0.0907. The summed E-state index contributed by atoms with van der Waals surface area (Å²) in [6, 6.07) is 3.49. The lowest BCUT2D eigenvalue weighted by Crippen LogP contribution is -2.15. The third-order valence-corrected chi connectivity index (χ3v) is 2.97. The minimum Gasteiger partial charge on any atom is -0.446 e. The normalized spacial score (nSPS) is 17.0. The Morgan fingerprint density at radius 1 is 1.54 bits per heavy atom. The van der Waals surface area contributed by atoms with Gasteiger partial charge in [-0.2, -0.15) is 0 Å². The molecule has 13 heavy (non-hydrogen) atoms. The van der Waals surface area contributed by atoms with Gasteiger partial charge in [0, 0.05) is 6.42 Å². The fourth-order valence-corrected chi connectivity index (χ4v) is 1.83. The Morgan fingerprint density at radius 2 is 2.31 bits per heavy atom. The summed E-state index contributed by atoms with van der Waals surface area (Å²) in [4.78, 5) is 11.5. The van der Waals surface area contributed by atoms with E-state index in [1.807, 2.05) is 0 Å². The van der Waals surface area contributed by atoms with Gasteiger partial charge in [-0.3, -0.25) is 4.79 Å². The van der Waals surface area contributed by atoms with Gasteiger partial charge in [-0.25, -0.2) is 0 Å². The largest absolute Gasteiger partial charge is 0.446 e. The molecule has 0 spiro atoms. The fraction of sp³-hybridized carbons (Fsp3) is 0.500. The molecule has 0 saturated heterocycles. The number of halogens is 1. The zero-order valence-electron chi connectivity index (χ0n) is 7.25. The van der Waals surface area contributed by atoms with Gasteiger partial charge in [-0.15, -0.1) is 0 Å². The Hall–Kier alpha value is -0.570. The van der Waals surface area contributed by atoms with Crippen LogP contribution in [0.1, 0.15) is 36.2 Å². The SMILES string of the molecule is O=C(CC1CCC1)c1ccc(Br)o1. The number of carbonyl (C=O) groups is 1. The molecule has 1 fully saturated rings. The summed E-state index contributed by atoms with van der Waals surface area (Å²) in [5.74, 6) is 1.23. The molecule has 1 saturated carbocycles. The predicted octanol–water partition coefficient (Wildman–Crippen LogP) is 3.42. The van der Waals surface area contributed by atoms with E-state index in [9.17, 15) is 4.79 Å². The quantitative estimate of drug-likeness (QED) is 0.761. The minimum atomic E-state index is 0.135. The first-order valence-electron chi connectivity index (χ1n) is 4.54. The van der Waals surface area contributed by atoms with Crippen LogP contribution in [0, 0.1) is 5.92 Å². The van der Waals surface area contributed by atoms with Crippen LogP contribution in [0.4, 0.5) is 0 Å². The van der Waals surface area contributed by atoms with E-state index in [1.165, 1.54) is 19.3 Å². The van der Waals surface area contributed by atoms with Crippen molar-refractivity contribution in [1.82, 2.24) is 0 Å². The summed E-state index contributed by atoms with van der Waals surface area (Å²) in [7, 11) is 0. The number of carbonyl (C=O) groups excluding carboxylic acids is 1. The van der Waals surface area contributed by atoms with Crippen LogP contribution in [0.5, 0.6) is 0 Å². The Labute approximate surface area is 85.4 Å². The van der Waals surface area contributed by atoms with Gasteiger partial charge in [-0.1, -0.05) is 6.42 Å². The fourth-order valence-electron chi connectivity index (χ4n) is 1.52. The monoisotopic (exact) mass is 242 g/mol. The number of furan rings is 1. The highest BCUT2D eigenvalue weighted by Gasteiger charge is 2.22. The van der Waals surface area contributed by atoms with Crippen LogP contribution in [-0.4, -0.2) is 5.78 Å². The van der Waals surface area contributed by atoms with Gasteiger partial charge in [0.2, 0.25) is 0 Å². The Bertz CT molecular complexity index is 312. The smallest absolute Gasteiger partial charge is 0.198 e. The van der Waals surface area contributed by atoms with Crippen molar-refractivity contribution in [2.24, 2.45) is 5.92 Å². The average Bonchev–Trinajstić information content (AvgIpc) is 2.44. The second kappa shape index (κ2) is 3.66. The zero-order chi connectivity index (χ0) is 9.26. The van der Waals surface area contributed by atoms with E-state index in [-0.39, 0.29) is 5.78 Å². The molecule has 0 aromatic carbocycles. The molecule has 1 aromatic heterocycles. The van der Waals surface area contributed by atoms with Crippen LogP contribution in [0.15, 0.2) is 21.2 Å². The third kappa shape index (κ3) is 2.02. The first-order valence-corrected chi connectivity index (χ1v) is 5.33. The predicted molar refractivity (Wildman–Crippen MR) is 52.7 cm³/mol. The molecule has 1 aliphatic carbocycles. The number of hydrogen-bond acceptors (Lipinski definition) is 2. The second-order valence-electron chi connectivity index (χ2n) is 3.53. The maximum absolute atomic E-state index is 11.5. The molecule has 0 radical (unpaired) electrons. The van der Waals surface area contributed by atoms with E-state index >= 15 is 0 Å². The van der Waals surface area contributed by atoms with Gasteiger partial charge in [0.15, 0.2) is 16.2 Å². The third-order valence-electron chi connectivity index (χ3n) is 2.55. The minimum absolute atomic E-state index is 0.135. The lowest BCUT2D eigenvalue weighted by Gasteiger charge is -2.23. The maximum Gasteiger partial charge on any atom is 0.198 e. The summed E-state index contributed by atoms with van der Waals surface area (Å²) < 4.78 is 5.81. The van der Waals surface area contributed by atoms with Crippen LogP contribution in [-0.2, 0) is 0 Å². The summed E-state index contributed by atoms with van der Waals surface area (Å²) in [6.07, 6.45) is 4.33. The van der Waals surface area contributed by atoms with E-state index < -0.39 is 0 Å². The van der Waals surface area contributed by atoms with Gasteiger partial charge in [-0.05, 0) is 46.8 Å². The van der Waals surface area contributed by atoms with Crippen LogP contribution in [0.25, 0.3) is 0 Å². The molecule has 70 valence electrons. The second-order valence-corrected chi connectivity index (χ2v) is 4.31. The number of Topliss-reactive ketones (excluding diaryl/α,β-unsaturated/α-hetero) is 1. The van der Waals surface area contributed by atoms with Crippen molar-refractivity contribution in [2.45, 2.75) is 25.7 Å². The highest BCUT2D eigenvalue weighted by atomic mass is 79.9. The first kappa shape index (κ1) is 9.00. The molecule has 0 aliphatic heterocycles. The molecule has 0 bridgehead atoms. The molecule has 1 aromatic rings. The molecule has 0 atom stereocenters. The van der Waals surface area contributed by atoms with Crippen LogP contribution in [0.2, 0.25) is 0 Å². The van der Waals surface area contributed by atoms with Crippen molar-refractivity contribution in [1.29, 1.82) is 0 Å². The van der Waals surface area contributed by atoms with E-state index in [4.69, 9.17) is 4.42 Å². The van der Waals surface area contributed by atoms with Crippen molar-refractivity contribution in [2.75, 3.05) is 0 Å². The van der Waals surface area contributed by atoms with E-state index in [1.54, 1.807) is 12.1 Å². The molecule has 0 unspecified atom stereocenters. The average molecular weight is 243 g/mol. The van der Waals surface area contributed by atoms with E-state index in [0.717, 1.165) is 0 Å². The maximum atomic E-state index is 11.5.